The number of aliphatic hydroxyl groups is 4. The van der Waals surface area contributed by atoms with E-state index in [-0.39, 0.29) is 6.61 Å². The SMILES string of the molecule is OC[C@H]1OC(OCc2ccccc2)[C@H](O)[C@@H](O)[C@@H]1O. The fourth-order valence-corrected chi connectivity index (χ4v) is 1.96. The smallest absolute Gasteiger partial charge is 0.187 e. The minimum atomic E-state index is -1.41. The molecule has 0 bridgehead atoms. The molecule has 4 N–H and O–H groups in total. The van der Waals surface area contributed by atoms with Crippen LogP contribution in [0.4, 0.5) is 0 Å². The normalized spacial score (nSPS) is 35.3. The Morgan fingerprint density at radius 2 is 1.68 bits per heavy atom. The number of ether oxygens (including phenoxy) is 2. The molecule has 0 radical (unpaired) electrons. The van der Waals surface area contributed by atoms with Crippen LogP contribution in [0.2, 0.25) is 0 Å². The van der Waals surface area contributed by atoms with Crippen molar-refractivity contribution in [1.29, 1.82) is 0 Å². The highest BCUT2D eigenvalue weighted by atomic mass is 16.7. The van der Waals surface area contributed by atoms with Gasteiger partial charge in [0.1, 0.15) is 24.4 Å². The van der Waals surface area contributed by atoms with Crippen molar-refractivity contribution in [2.24, 2.45) is 0 Å². The fraction of sp³-hybridized carbons (Fsp3) is 0.538. The lowest BCUT2D eigenvalue weighted by molar-refractivity contribution is -0.304. The highest BCUT2D eigenvalue weighted by Crippen LogP contribution is 2.22. The first-order valence-electron chi connectivity index (χ1n) is 6.09. The monoisotopic (exact) mass is 270 g/mol. The summed E-state index contributed by atoms with van der Waals surface area (Å²) in [5.74, 6) is 0. The van der Waals surface area contributed by atoms with Crippen molar-refractivity contribution >= 4 is 0 Å². The Balaban J connectivity index is 1.95. The van der Waals surface area contributed by atoms with E-state index in [1.54, 1.807) is 0 Å². The zero-order valence-corrected chi connectivity index (χ0v) is 10.3. The molecule has 6 heteroatoms. The van der Waals surface area contributed by atoms with E-state index >= 15 is 0 Å². The summed E-state index contributed by atoms with van der Waals surface area (Å²) in [6.07, 6.45) is -6.17. The summed E-state index contributed by atoms with van der Waals surface area (Å²) in [5.41, 5.74) is 0.888. The minimum Gasteiger partial charge on any atom is -0.394 e. The third-order valence-electron chi connectivity index (χ3n) is 3.11. The molecular weight excluding hydrogens is 252 g/mol. The average molecular weight is 270 g/mol. The van der Waals surface area contributed by atoms with Crippen molar-refractivity contribution in [2.75, 3.05) is 6.61 Å². The van der Waals surface area contributed by atoms with E-state index in [4.69, 9.17) is 14.6 Å². The van der Waals surface area contributed by atoms with Crippen LogP contribution in [0.3, 0.4) is 0 Å². The molecule has 0 aromatic heterocycles. The summed E-state index contributed by atoms with van der Waals surface area (Å²) >= 11 is 0. The molecular formula is C13H18O6. The number of hydrogen-bond donors (Lipinski definition) is 4. The van der Waals surface area contributed by atoms with Crippen molar-refractivity contribution in [3.63, 3.8) is 0 Å². The van der Waals surface area contributed by atoms with Gasteiger partial charge in [0.15, 0.2) is 6.29 Å². The first-order chi connectivity index (χ1) is 9.13. The Morgan fingerprint density at radius 1 is 1.00 bits per heavy atom. The summed E-state index contributed by atoms with van der Waals surface area (Å²) in [6, 6.07) is 9.28. The van der Waals surface area contributed by atoms with E-state index in [0.29, 0.717) is 0 Å². The lowest BCUT2D eigenvalue weighted by atomic mass is 9.99. The largest absolute Gasteiger partial charge is 0.394 e. The second kappa shape index (κ2) is 6.42. The van der Waals surface area contributed by atoms with Gasteiger partial charge in [0.25, 0.3) is 0 Å². The van der Waals surface area contributed by atoms with Crippen LogP contribution in [0.15, 0.2) is 30.3 Å². The van der Waals surface area contributed by atoms with Crippen LogP contribution < -0.4 is 0 Å². The Hall–Kier alpha value is -1.02. The molecule has 0 spiro atoms. The van der Waals surface area contributed by atoms with Crippen molar-refractivity contribution in [1.82, 2.24) is 0 Å². The molecule has 1 aliphatic rings. The molecule has 2 rings (SSSR count). The van der Waals surface area contributed by atoms with Gasteiger partial charge in [0, 0.05) is 0 Å². The van der Waals surface area contributed by atoms with Crippen molar-refractivity contribution in [3.05, 3.63) is 35.9 Å². The fourth-order valence-electron chi connectivity index (χ4n) is 1.96. The van der Waals surface area contributed by atoms with Crippen LogP contribution in [0, 0.1) is 0 Å². The van der Waals surface area contributed by atoms with Crippen molar-refractivity contribution < 1.29 is 29.9 Å². The quantitative estimate of drug-likeness (QED) is 0.560. The average Bonchev–Trinajstić information content (AvgIpc) is 2.45. The van der Waals surface area contributed by atoms with Gasteiger partial charge < -0.3 is 29.9 Å². The van der Waals surface area contributed by atoms with Gasteiger partial charge in [-0.1, -0.05) is 30.3 Å². The van der Waals surface area contributed by atoms with Gasteiger partial charge in [-0.2, -0.15) is 0 Å². The van der Waals surface area contributed by atoms with Crippen LogP contribution in [0.5, 0.6) is 0 Å². The summed E-state index contributed by atoms with van der Waals surface area (Å²) in [7, 11) is 0. The minimum absolute atomic E-state index is 0.198. The number of benzene rings is 1. The van der Waals surface area contributed by atoms with Gasteiger partial charge in [-0.05, 0) is 5.56 Å². The maximum atomic E-state index is 9.76. The van der Waals surface area contributed by atoms with Gasteiger partial charge in [-0.3, -0.25) is 0 Å². The molecule has 6 nitrogen and oxygen atoms in total. The van der Waals surface area contributed by atoms with Gasteiger partial charge in [-0.15, -0.1) is 0 Å². The van der Waals surface area contributed by atoms with Crippen molar-refractivity contribution in [2.45, 2.75) is 37.3 Å². The topological polar surface area (TPSA) is 99.4 Å². The molecule has 1 aromatic rings. The van der Waals surface area contributed by atoms with E-state index < -0.39 is 37.3 Å². The van der Waals surface area contributed by atoms with Gasteiger partial charge in [0.2, 0.25) is 0 Å². The predicted octanol–water partition coefficient (Wildman–Crippen LogP) is -0.997. The molecule has 0 saturated carbocycles. The highest BCUT2D eigenvalue weighted by molar-refractivity contribution is 5.13. The molecule has 106 valence electrons. The molecule has 1 unspecified atom stereocenters. The number of rotatable bonds is 4. The third kappa shape index (κ3) is 3.30. The molecule has 0 aliphatic carbocycles. The Kier molecular flexibility index (Phi) is 4.87. The Bertz CT molecular complexity index is 382. The van der Waals surface area contributed by atoms with Crippen LogP contribution in [0.1, 0.15) is 5.56 Å². The van der Waals surface area contributed by atoms with E-state index in [1.165, 1.54) is 0 Å². The summed E-state index contributed by atoms with van der Waals surface area (Å²) < 4.78 is 10.6. The van der Waals surface area contributed by atoms with Crippen LogP contribution in [-0.2, 0) is 16.1 Å². The van der Waals surface area contributed by atoms with Gasteiger partial charge >= 0.3 is 0 Å². The Labute approximate surface area is 110 Å². The van der Waals surface area contributed by atoms with Gasteiger partial charge in [0.05, 0.1) is 13.2 Å². The number of aliphatic hydroxyl groups excluding tert-OH is 4. The maximum Gasteiger partial charge on any atom is 0.187 e. The van der Waals surface area contributed by atoms with Crippen LogP contribution in [-0.4, -0.2) is 57.7 Å². The molecule has 1 heterocycles. The second-order valence-corrected chi connectivity index (χ2v) is 4.49. The lowest BCUT2D eigenvalue weighted by Gasteiger charge is -2.39. The first-order valence-corrected chi connectivity index (χ1v) is 6.09. The standard InChI is InChI=1S/C13H18O6/c14-6-9-10(15)11(16)12(17)13(19-9)18-7-8-4-2-1-3-5-8/h1-5,9-17H,6-7H2/t9-,10-,11+,12-,13?/m1/s1. The van der Waals surface area contributed by atoms with Crippen LogP contribution >= 0.6 is 0 Å². The third-order valence-corrected chi connectivity index (χ3v) is 3.11. The second-order valence-electron chi connectivity index (χ2n) is 4.49. The molecule has 1 saturated heterocycles. The molecule has 0 amide bonds. The number of hydrogen-bond acceptors (Lipinski definition) is 6. The zero-order chi connectivity index (χ0) is 13.8. The molecule has 19 heavy (non-hydrogen) atoms. The van der Waals surface area contributed by atoms with E-state index in [9.17, 15) is 15.3 Å². The first kappa shape index (κ1) is 14.4. The zero-order valence-electron chi connectivity index (χ0n) is 10.3. The van der Waals surface area contributed by atoms with E-state index in [0.717, 1.165) is 5.56 Å². The molecule has 1 aromatic carbocycles. The summed E-state index contributed by atoms with van der Waals surface area (Å²) in [6.45, 7) is -0.264. The predicted molar refractivity (Wildman–Crippen MR) is 65.0 cm³/mol. The molecule has 1 fully saturated rings. The van der Waals surface area contributed by atoms with Gasteiger partial charge in [-0.25, -0.2) is 0 Å². The molecule has 1 aliphatic heterocycles. The van der Waals surface area contributed by atoms with Crippen LogP contribution in [0.25, 0.3) is 0 Å². The lowest BCUT2D eigenvalue weighted by Crippen LogP contribution is -2.59. The molecule has 5 atom stereocenters. The van der Waals surface area contributed by atoms with E-state index in [1.807, 2.05) is 30.3 Å². The van der Waals surface area contributed by atoms with Crippen molar-refractivity contribution in [3.8, 4) is 0 Å². The maximum absolute atomic E-state index is 9.76. The Morgan fingerprint density at radius 3 is 2.32 bits per heavy atom. The summed E-state index contributed by atoms with van der Waals surface area (Å²) in [5, 5.41) is 38.0. The highest BCUT2D eigenvalue weighted by Gasteiger charge is 2.43. The summed E-state index contributed by atoms with van der Waals surface area (Å²) in [4.78, 5) is 0. The van der Waals surface area contributed by atoms with E-state index in [2.05, 4.69) is 0 Å².